The molecule has 1 aromatic rings. The van der Waals surface area contributed by atoms with Crippen LogP contribution < -0.4 is 0 Å². The standard InChI is InChI=1S/C9H12N2O2/c1-2-11-6-5-10-9(11)4-3-8(13)7-12/h3-6,12H,2,7H2,1H3/b4-3+. The maximum Gasteiger partial charge on any atom is 0.181 e. The molecule has 0 fully saturated rings. The quantitative estimate of drug-likeness (QED) is 0.685. The second kappa shape index (κ2) is 4.57. The summed E-state index contributed by atoms with van der Waals surface area (Å²) in [6.45, 7) is 2.35. The SMILES string of the molecule is CCn1ccnc1/C=C/C(=O)CO. The normalized spacial score (nSPS) is 10.9. The zero-order valence-corrected chi connectivity index (χ0v) is 7.47. The minimum absolute atomic E-state index is 0.314. The average molecular weight is 180 g/mol. The Morgan fingerprint density at radius 2 is 2.54 bits per heavy atom. The van der Waals surface area contributed by atoms with Gasteiger partial charge in [-0.25, -0.2) is 4.98 Å². The number of carbonyl (C=O) groups excluding carboxylic acids is 1. The molecule has 0 radical (unpaired) electrons. The minimum Gasteiger partial charge on any atom is -0.388 e. The van der Waals surface area contributed by atoms with Gasteiger partial charge in [0.05, 0.1) is 0 Å². The number of aromatic nitrogens is 2. The largest absolute Gasteiger partial charge is 0.388 e. The van der Waals surface area contributed by atoms with Crippen molar-refractivity contribution >= 4 is 11.9 Å². The topological polar surface area (TPSA) is 55.1 Å². The van der Waals surface area contributed by atoms with E-state index in [9.17, 15) is 4.79 Å². The molecule has 0 bridgehead atoms. The summed E-state index contributed by atoms with van der Waals surface area (Å²) in [7, 11) is 0. The Morgan fingerprint density at radius 1 is 1.77 bits per heavy atom. The fraction of sp³-hybridized carbons (Fsp3) is 0.333. The smallest absolute Gasteiger partial charge is 0.181 e. The van der Waals surface area contributed by atoms with Crippen molar-refractivity contribution in [2.24, 2.45) is 0 Å². The lowest BCUT2D eigenvalue weighted by molar-refractivity contribution is -0.117. The maximum atomic E-state index is 10.7. The van der Waals surface area contributed by atoms with Crippen LogP contribution in [0.4, 0.5) is 0 Å². The number of hydrogen-bond donors (Lipinski definition) is 1. The summed E-state index contributed by atoms with van der Waals surface area (Å²) in [6, 6.07) is 0. The molecule has 0 amide bonds. The fourth-order valence-corrected chi connectivity index (χ4v) is 0.967. The van der Waals surface area contributed by atoms with Crippen molar-refractivity contribution in [3.8, 4) is 0 Å². The molecule has 4 heteroatoms. The van der Waals surface area contributed by atoms with Gasteiger partial charge in [0.25, 0.3) is 0 Å². The van der Waals surface area contributed by atoms with E-state index in [1.807, 2.05) is 17.7 Å². The first-order chi connectivity index (χ1) is 6.27. The highest BCUT2D eigenvalue weighted by molar-refractivity contribution is 5.93. The van der Waals surface area contributed by atoms with Crippen molar-refractivity contribution < 1.29 is 9.90 Å². The van der Waals surface area contributed by atoms with E-state index in [4.69, 9.17) is 5.11 Å². The van der Waals surface area contributed by atoms with Gasteiger partial charge >= 0.3 is 0 Å². The first-order valence-electron chi connectivity index (χ1n) is 4.10. The summed E-state index contributed by atoms with van der Waals surface area (Å²) >= 11 is 0. The Kier molecular flexibility index (Phi) is 3.40. The van der Waals surface area contributed by atoms with Gasteiger partial charge in [0.1, 0.15) is 12.4 Å². The lowest BCUT2D eigenvalue weighted by atomic mass is 10.3. The minimum atomic E-state index is -0.455. The molecule has 0 aliphatic carbocycles. The number of aliphatic hydroxyl groups excluding tert-OH is 1. The second-order valence-electron chi connectivity index (χ2n) is 2.53. The van der Waals surface area contributed by atoms with Crippen LogP contribution in [0.1, 0.15) is 12.7 Å². The summed E-state index contributed by atoms with van der Waals surface area (Å²) in [5, 5.41) is 8.46. The van der Waals surface area contributed by atoms with Gasteiger partial charge < -0.3 is 9.67 Å². The van der Waals surface area contributed by atoms with Gasteiger partial charge in [0.15, 0.2) is 5.78 Å². The van der Waals surface area contributed by atoms with Gasteiger partial charge in [-0.05, 0) is 19.1 Å². The van der Waals surface area contributed by atoms with Crippen molar-refractivity contribution in [2.45, 2.75) is 13.5 Å². The Bertz CT molecular complexity index is 315. The van der Waals surface area contributed by atoms with Crippen LogP contribution in [0.5, 0.6) is 0 Å². The van der Waals surface area contributed by atoms with E-state index < -0.39 is 6.61 Å². The molecule has 0 saturated carbocycles. The summed E-state index contributed by atoms with van der Waals surface area (Å²) in [5.41, 5.74) is 0. The van der Waals surface area contributed by atoms with Crippen LogP contribution in [0.15, 0.2) is 18.5 Å². The van der Waals surface area contributed by atoms with E-state index in [1.165, 1.54) is 6.08 Å². The summed E-state index contributed by atoms with van der Waals surface area (Å²) in [5.74, 6) is 0.412. The van der Waals surface area contributed by atoms with Gasteiger partial charge in [-0.2, -0.15) is 0 Å². The third kappa shape index (κ3) is 2.52. The molecular formula is C9H12N2O2. The van der Waals surface area contributed by atoms with Gasteiger partial charge in [-0.1, -0.05) is 0 Å². The summed E-state index contributed by atoms with van der Waals surface area (Å²) < 4.78 is 1.90. The number of imidazole rings is 1. The van der Waals surface area contributed by atoms with E-state index in [0.29, 0.717) is 0 Å². The van der Waals surface area contributed by atoms with Crippen molar-refractivity contribution in [1.82, 2.24) is 9.55 Å². The molecule has 13 heavy (non-hydrogen) atoms. The van der Waals surface area contributed by atoms with Crippen LogP contribution >= 0.6 is 0 Å². The summed E-state index contributed by atoms with van der Waals surface area (Å²) in [6.07, 6.45) is 6.44. The molecule has 0 aliphatic heterocycles. The molecule has 0 unspecified atom stereocenters. The molecule has 0 spiro atoms. The zero-order valence-electron chi connectivity index (χ0n) is 7.47. The first kappa shape index (κ1) is 9.67. The van der Waals surface area contributed by atoms with Crippen LogP contribution in [0.2, 0.25) is 0 Å². The molecule has 70 valence electrons. The molecule has 0 aromatic carbocycles. The van der Waals surface area contributed by atoms with Crippen molar-refractivity contribution in [2.75, 3.05) is 6.61 Å². The number of rotatable bonds is 4. The highest BCUT2D eigenvalue weighted by Gasteiger charge is 1.96. The predicted molar refractivity (Wildman–Crippen MR) is 49.0 cm³/mol. The van der Waals surface area contributed by atoms with E-state index in [0.717, 1.165) is 12.4 Å². The van der Waals surface area contributed by atoms with Crippen molar-refractivity contribution in [3.63, 3.8) is 0 Å². The molecule has 1 rings (SSSR count). The molecule has 1 aromatic heterocycles. The Balaban J connectivity index is 2.73. The molecule has 1 N–H and O–H groups in total. The van der Waals surface area contributed by atoms with E-state index in [-0.39, 0.29) is 5.78 Å². The van der Waals surface area contributed by atoms with E-state index in [2.05, 4.69) is 4.98 Å². The zero-order chi connectivity index (χ0) is 9.68. The van der Waals surface area contributed by atoms with Crippen LogP contribution in [-0.4, -0.2) is 27.0 Å². The fourth-order valence-electron chi connectivity index (χ4n) is 0.967. The van der Waals surface area contributed by atoms with Gasteiger partial charge in [0.2, 0.25) is 0 Å². The Hall–Kier alpha value is -1.42. The Labute approximate surface area is 76.5 Å². The monoisotopic (exact) mass is 180 g/mol. The highest BCUT2D eigenvalue weighted by Crippen LogP contribution is 1.99. The van der Waals surface area contributed by atoms with Crippen LogP contribution in [-0.2, 0) is 11.3 Å². The number of nitrogens with zero attached hydrogens (tertiary/aromatic N) is 2. The van der Waals surface area contributed by atoms with Gasteiger partial charge in [-0.15, -0.1) is 0 Å². The molecule has 0 atom stereocenters. The number of carbonyl (C=O) groups is 1. The second-order valence-corrected chi connectivity index (χ2v) is 2.53. The molecule has 0 aliphatic rings. The van der Waals surface area contributed by atoms with Crippen LogP contribution in [0.25, 0.3) is 6.08 Å². The molecule has 0 saturated heterocycles. The van der Waals surface area contributed by atoms with Gasteiger partial charge in [-0.3, -0.25) is 4.79 Å². The average Bonchev–Trinajstić information content (AvgIpc) is 2.61. The number of hydrogen-bond acceptors (Lipinski definition) is 3. The molecular weight excluding hydrogens is 168 g/mol. The third-order valence-corrected chi connectivity index (χ3v) is 1.66. The van der Waals surface area contributed by atoms with Crippen LogP contribution in [0, 0.1) is 0 Å². The molecule has 1 heterocycles. The highest BCUT2D eigenvalue weighted by atomic mass is 16.3. The molecule has 4 nitrogen and oxygen atoms in total. The van der Waals surface area contributed by atoms with Crippen molar-refractivity contribution in [1.29, 1.82) is 0 Å². The van der Waals surface area contributed by atoms with Crippen LogP contribution in [0.3, 0.4) is 0 Å². The summed E-state index contributed by atoms with van der Waals surface area (Å²) in [4.78, 5) is 14.8. The Morgan fingerprint density at radius 3 is 3.15 bits per heavy atom. The predicted octanol–water partition coefficient (Wildman–Crippen LogP) is 0.478. The van der Waals surface area contributed by atoms with Crippen molar-refractivity contribution in [3.05, 3.63) is 24.3 Å². The first-order valence-corrected chi connectivity index (χ1v) is 4.10. The van der Waals surface area contributed by atoms with E-state index in [1.54, 1.807) is 12.3 Å². The lowest BCUT2D eigenvalue weighted by Gasteiger charge is -1.97. The third-order valence-electron chi connectivity index (χ3n) is 1.66. The number of ketones is 1. The maximum absolute atomic E-state index is 10.7. The van der Waals surface area contributed by atoms with Gasteiger partial charge in [0, 0.05) is 18.9 Å². The number of aliphatic hydroxyl groups is 1. The number of aryl methyl sites for hydroxylation is 1. The lowest BCUT2D eigenvalue weighted by Crippen LogP contribution is -1.99. The van der Waals surface area contributed by atoms with E-state index >= 15 is 0 Å².